The van der Waals surface area contributed by atoms with Gasteiger partial charge in [-0.3, -0.25) is 4.79 Å². The molecule has 0 bridgehead atoms. The molecule has 198 valence electrons. The summed E-state index contributed by atoms with van der Waals surface area (Å²) in [4.78, 5) is 24.9. The minimum Gasteiger partial charge on any atom is -0.494 e. The summed E-state index contributed by atoms with van der Waals surface area (Å²) in [7, 11) is 3.62. The largest absolute Gasteiger partial charge is 0.494 e. The summed E-state index contributed by atoms with van der Waals surface area (Å²) in [5.41, 5.74) is 3.23. The lowest BCUT2D eigenvalue weighted by atomic mass is 9.81. The highest BCUT2D eigenvalue weighted by atomic mass is 16.5. The predicted molar refractivity (Wildman–Crippen MR) is 145 cm³/mol. The van der Waals surface area contributed by atoms with Crippen LogP contribution >= 0.6 is 0 Å². The van der Waals surface area contributed by atoms with Gasteiger partial charge in [0, 0.05) is 36.8 Å². The number of ether oxygens (including phenoxy) is 1. The van der Waals surface area contributed by atoms with Gasteiger partial charge in [-0.15, -0.1) is 0 Å². The van der Waals surface area contributed by atoms with Gasteiger partial charge in [-0.25, -0.2) is 9.97 Å². The molecular weight excluding hydrogens is 480 g/mol. The van der Waals surface area contributed by atoms with E-state index in [0.29, 0.717) is 35.8 Å². The highest BCUT2D eigenvalue weighted by molar-refractivity contribution is 6.00. The van der Waals surface area contributed by atoms with Crippen LogP contribution in [0.4, 0.5) is 0 Å². The van der Waals surface area contributed by atoms with Crippen LogP contribution in [0, 0.1) is 5.92 Å². The summed E-state index contributed by atoms with van der Waals surface area (Å²) in [5.74, 6) is 2.01. The molecule has 5 heterocycles. The average Bonchev–Trinajstić information content (AvgIpc) is 3.59. The lowest BCUT2D eigenvalue weighted by Crippen LogP contribution is -2.72. The molecule has 1 unspecified atom stereocenters. The van der Waals surface area contributed by atoms with E-state index in [0.717, 1.165) is 60.4 Å². The molecule has 9 nitrogen and oxygen atoms in total. The first-order valence-corrected chi connectivity index (χ1v) is 13.7. The Morgan fingerprint density at radius 3 is 2.79 bits per heavy atom. The number of pyridine rings is 1. The second-order valence-electron chi connectivity index (χ2n) is 11.3. The third-order valence-corrected chi connectivity index (χ3v) is 8.60. The molecule has 9 heteroatoms. The molecule has 4 aromatic rings. The van der Waals surface area contributed by atoms with Crippen LogP contribution in [0.3, 0.4) is 0 Å². The molecule has 1 amide bonds. The quantitative estimate of drug-likeness (QED) is 0.410. The van der Waals surface area contributed by atoms with Crippen LogP contribution in [0.5, 0.6) is 5.75 Å². The summed E-state index contributed by atoms with van der Waals surface area (Å²) in [6.45, 7) is 2.53. The summed E-state index contributed by atoms with van der Waals surface area (Å²) >= 11 is 0. The summed E-state index contributed by atoms with van der Waals surface area (Å²) < 4.78 is 10.1. The number of carbonyl (C=O) groups is 1. The van der Waals surface area contributed by atoms with Crippen molar-refractivity contribution in [3.63, 3.8) is 0 Å². The number of benzene rings is 1. The second kappa shape index (κ2) is 8.81. The molecule has 2 aliphatic heterocycles. The Kier molecular flexibility index (Phi) is 5.49. The molecule has 0 spiro atoms. The van der Waals surface area contributed by atoms with Crippen molar-refractivity contribution in [3.8, 4) is 17.3 Å². The highest BCUT2D eigenvalue weighted by Gasteiger charge is 2.49. The topological polar surface area (TPSA) is 97.4 Å². The van der Waals surface area contributed by atoms with E-state index in [2.05, 4.69) is 31.6 Å². The zero-order valence-corrected chi connectivity index (χ0v) is 22.0. The molecule has 1 aliphatic carbocycles. The maximum absolute atomic E-state index is 13.5. The number of β-amino-alcohol motifs (C(OH)–C–C–N with tert-alkyl or cyclic N) is 1. The number of imidazole rings is 1. The third-order valence-electron chi connectivity index (χ3n) is 8.60. The number of aliphatic hydroxyl groups is 1. The van der Waals surface area contributed by atoms with Crippen molar-refractivity contribution in [2.75, 3.05) is 26.7 Å². The minimum absolute atomic E-state index is 0.0487. The Bertz CT molecular complexity index is 1540. The van der Waals surface area contributed by atoms with Crippen molar-refractivity contribution < 1.29 is 14.6 Å². The molecule has 7 rings (SSSR count). The fraction of sp³-hybridized carbons (Fsp3) is 0.483. The first-order valence-electron chi connectivity index (χ1n) is 13.7. The number of nitrogens with one attached hydrogen (secondary N) is 1. The normalized spacial score (nSPS) is 21.1. The van der Waals surface area contributed by atoms with Gasteiger partial charge in [-0.05, 0) is 68.5 Å². The Morgan fingerprint density at radius 2 is 2.05 bits per heavy atom. The summed E-state index contributed by atoms with van der Waals surface area (Å²) in [5, 5.41) is 15.6. The van der Waals surface area contributed by atoms with Crippen molar-refractivity contribution in [3.05, 3.63) is 42.1 Å². The number of hydrogen-bond donors (Lipinski definition) is 2. The third kappa shape index (κ3) is 3.79. The number of amides is 1. The van der Waals surface area contributed by atoms with Crippen LogP contribution in [-0.2, 0) is 13.6 Å². The Labute approximate surface area is 221 Å². The number of likely N-dealkylation sites (tertiary alicyclic amines) is 1. The number of aromatic nitrogens is 4. The SMILES string of the molecule is COc1cc(C(=O)N2CC(O)(C3CCCCN3)C2)cc2nc(-c3cc4cccnc4n3CC3CC3)n(C)c12. The fourth-order valence-electron chi connectivity index (χ4n) is 6.31. The Balaban J connectivity index is 1.24. The molecule has 0 radical (unpaired) electrons. The first kappa shape index (κ1) is 23.7. The standard InChI is InChI=1S/C29H34N6O3/c1-33-25-21(32-27(33)22-13-19-6-5-11-31-26(19)35(22)15-18-8-9-18)12-20(14-23(25)38-2)28(36)34-16-29(37,17-34)24-7-3-4-10-30-24/h5-6,11-14,18,24,30,37H,3-4,7-10,15-17H2,1-2H3. The van der Waals surface area contributed by atoms with E-state index < -0.39 is 5.60 Å². The highest BCUT2D eigenvalue weighted by Crippen LogP contribution is 2.38. The lowest BCUT2D eigenvalue weighted by molar-refractivity contribution is -0.108. The van der Waals surface area contributed by atoms with Crippen molar-refractivity contribution in [1.82, 2.24) is 29.3 Å². The number of aryl methyl sites for hydroxylation is 1. The number of hydrogen-bond acceptors (Lipinski definition) is 6. The van der Waals surface area contributed by atoms with E-state index in [4.69, 9.17) is 9.72 Å². The van der Waals surface area contributed by atoms with Gasteiger partial charge in [0.2, 0.25) is 0 Å². The molecule has 38 heavy (non-hydrogen) atoms. The van der Waals surface area contributed by atoms with Crippen LogP contribution in [0.1, 0.15) is 42.5 Å². The number of rotatable bonds is 6. The van der Waals surface area contributed by atoms with Crippen LogP contribution in [0.2, 0.25) is 0 Å². The van der Waals surface area contributed by atoms with Gasteiger partial charge < -0.3 is 29.2 Å². The summed E-state index contributed by atoms with van der Waals surface area (Å²) in [6, 6.07) is 9.91. The molecule has 1 aromatic carbocycles. The van der Waals surface area contributed by atoms with Crippen LogP contribution in [0.25, 0.3) is 33.6 Å². The van der Waals surface area contributed by atoms with Gasteiger partial charge >= 0.3 is 0 Å². The van der Waals surface area contributed by atoms with E-state index in [-0.39, 0.29) is 11.9 Å². The molecule has 3 aliphatic rings. The van der Waals surface area contributed by atoms with Gasteiger partial charge in [-0.2, -0.15) is 0 Å². The van der Waals surface area contributed by atoms with Crippen LogP contribution in [-0.4, -0.2) is 73.4 Å². The van der Waals surface area contributed by atoms with E-state index in [1.807, 2.05) is 25.4 Å². The Hall–Kier alpha value is -3.43. The predicted octanol–water partition coefficient (Wildman–Crippen LogP) is 3.34. The molecule has 1 atom stereocenters. The van der Waals surface area contributed by atoms with E-state index in [9.17, 15) is 9.90 Å². The van der Waals surface area contributed by atoms with Crippen molar-refractivity contribution in [1.29, 1.82) is 0 Å². The van der Waals surface area contributed by atoms with Gasteiger partial charge in [0.1, 0.15) is 22.5 Å². The minimum atomic E-state index is -0.856. The Morgan fingerprint density at radius 1 is 1.21 bits per heavy atom. The second-order valence-corrected chi connectivity index (χ2v) is 11.3. The molecule has 3 fully saturated rings. The molecule has 2 N–H and O–H groups in total. The van der Waals surface area contributed by atoms with E-state index in [1.165, 1.54) is 12.8 Å². The molecule has 3 aromatic heterocycles. The van der Waals surface area contributed by atoms with E-state index >= 15 is 0 Å². The monoisotopic (exact) mass is 514 g/mol. The van der Waals surface area contributed by atoms with Crippen molar-refractivity contribution >= 4 is 28.0 Å². The lowest BCUT2D eigenvalue weighted by Gasteiger charge is -2.51. The zero-order valence-electron chi connectivity index (χ0n) is 22.0. The smallest absolute Gasteiger partial charge is 0.254 e. The zero-order chi connectivity index (χ0) is 26.0. The van der Waals surface area contributed by atoms with Gasteiger partial charge in [0.05, 0.1) is 31.4 Å². The molecular formula is C29H34N6O3. The van der Waals surface area contributed by atoms with Crippen LogP contribution in [0.15, 0.2) is 36.5 Å². The molecule has 1 saturated carbocycles. The van der Waals surface area contributed by atoms with Crippen molar-refractivity contribution in [2.24, 2.45) is 13.0 Å². The number of piperidine rings is 1. The number of fused-ring (bicyclic) bond motifs is 2. The summed E-state index contributed by atoms with van der Waals surface area (Å²) in [6.07, 6.45) is 7.53. The number of methoxy groups -OCH3 is 1. The van der Waals surface area contributed by atoms with Gasteiger partial charge in [0.15, 0.2) is 5.82 Å². The van der Waals surface area contributed by atoms with Gasteiger partial charge in [-0.1, -0.05) is 6.42 Å². The first-order chi connectivity index (χ1) is 18.4. The number of nitrogens with zero attached hydrogens (tertiary/aromatic N) is 5. The van der Waals surface area contributed by atoms with Crippen LogP contribution < -0.4 is 10.1 Å². The number of carbonyl (C=O) groups excluding carboxylic acids is 1. The average molecular weight is 515 g/mol. The maximum Gasteiger partial charge on any atom is 0.254 e. The fourth-order valence-corrected chi connectivity index (χ4v) is 6.31. The van der Waals surface area contributed by atoms with E-state index in [1.54, 1.807) is 18.1 Å². The maximum atomic E-state index is 13.5. The van der Waals surface area contributed by atoms with Gasteiger partial charge in [0.25, 0.3) is 5.91 Å². The molecule has 2 saturated heterocycles. The van der Waals surface area contributed by atoms with Crippen molar-refractivity contribution in [2.45, 2.75) is 50.3 Å².